The summed E-state index contributed by atoms with van der Waals surface area (Å²) in [5, 5.41) is 8.27. The van der Waals surface area contributed by atoms with Crippen molar-refractivity contribution in [2.24, 2.45) is 5.92 Å². The van der Waals surface area contributed by atoms with Gasteiger partial charge < -0.3 is 5.32 Å². The molecule has 130 valence electrons. The molecule has 0 unspecified atom stereocenters. The lowest BCUT2D eigenvalue weighted by atomic mass is 10.0. The Bertz CT molecular complexity index is 741. The van der Waals surface area contributed by atoms with Crippen LogP contribution in [-0.4, -0.2) is 21.3 Å². The van der Waals surface area contributed by atoms with Gasteiger partial charge in [-0.15, -0.1) is 0 Å². The lowest BCUT2D eigenvalue weighted by Crippen LogP contribution is -2.30. The van der Waals surface area contributed by atoms with E-state index >= 15 is 0 Å². The predicted octanol–water partition coefficient (Wildman–Crippen LogP) is 3.91. The molecule has 0 amide bonds. The van der Waals surface area contributed by atoms with Gasteiger partial charge in [-0.3, -0.25) is 9.67 Å². The predicted molar refractivity (Wildman–Crippen MR) is 101 cm³/mol. The van der Waals surface area contributed by atoms with Crippen LogP contribution < -0.4 is 5.32 Å². The van der Waals surface area contributed by atoms with Crippen molar-refractivity contribution in [1.29, 1.82) is 0 Å². The van der Waals surface area contributed by atoms with Crippen LogP contribution in [0, 0.1) is 19.8 Å². The number of pyridine rings is 1. The van der Waals surface area contributed by atoms with Gasteiger partial charge >= 0.3 is 0 Å². The summed E-state index contributed by atoms with van der Waals surface area (Å²) < 4.78 is 2.10. The molecular weight excluding hydrogens is 308 g/mol. The van der Waals surface area contributed by atoms with Crippen molar-refractivity contribution in [3.05, 3.63) is 83.4 Å². The Morgan fingerprint density at radius 1 is 1.04 bits per heavy atom. The topological polar surface area (TPSA) is 42.7 Å². The maximum Gasteiger partial charge on any atom is 0.0751 e. The van der Waals surface area contributed by atoms with Crippen LogP contribution in [0.4, 0.5) is 0 Å². The van der Waals surface area contributed by atoms with Gasteiger partial charge in [0.25, 0.3) is 0 Å². The SMILES string of the molecule is Cc1cc(C)n(C[C@@H](C)CN[C@H](c2ccccc2)c2ccccn2)n1. The molecule has 4 nitrogen and oxygen atoms in total. The third-order valence-electron chi connectivity index (χ3n) is 4.37. The van der Waals surface area contributed by atoms with E-state index in [-0.39, 0.29) is 6.04 Å². The maximum atomic E-state index is 4.57. The highest BCUT2D eigenvalue weighted by Gasteiger charge is 2.16. The summed E-state index contributed by atoms with van der Waals surface area (Å²) in [5.41, 5.74) is 4.58. The molecule has 1 N–H and O–H groups in total. The second-order valence-electron chi connectivity index (χ2n) is 6.72. The monoisotopic (exact) mass is 334 g/mol. The van der Waals surface area contributed by atoms with Crippen LogP contribution in [0.2, 0.25) is 0 Å². The molecule has 3 aromatic rings. The van der Waals surface area contributed by atoms with Gasteiger partial charge in [-0.2, -0.15) is 5.10 Å². The molecule has 1 aromatic carbocycles. The molecule has 0 saturated carbocycles. The van der Waals surface area contributed by atoms with E-state index in [1.165, 1.54) is 11.3 Å². The fourth-order valence-electron chi connectivity index (χ4n) is 3.12. The molecule has 0 fully saturated rings. The number of hydrogen-bond donors (Lipinski definition) is 1. The number of aromatic nitrogens is 3. The second-order valence-corrected chi connectivity index (χ2v) is 6.72. The highest BCUT2D eigenvalue weighted by atomic mass is 15.3. The molecule has 0 bridgehead atoms. The van der Waals surface area contributed by atoms with Crippen LogP contribution >= 0.6 is 0 Å². The Morgan fingerprint density at radius 3 is 2.44 bits per heavy atom. The average molecular weight is 334 g/mol. The first-order valence-corrected chi connectivity index (χ1v) is 8.84. The minimum Gasteiger partial charge on any atom is -0.305 e. The number of nitrogens with zero attached hydrogens (tertiary/aromatic N) is 3. The highest BCUT2D eigenvalue weighted by molar-refractivity contribution is 5.27. The van der Waals surface area contributed by atoms with E-state index in [1.807, 2.05) is 31.3 Å². The van der Waals surface area contributed by atoms with E-state index in [4.69, 9.17) is 0 Å². The normalized spacial score (nSPS) is 13.6. The van der Waals surface area contributed by atoms with Gasteiger partial charge in [0, 0.05) is 25.0 Å². The molecule has 0 spiro atoms. The van der Waals surface area contributed by atoms with E-state index in [2.05, 4.69) is 70.3 Å². The van der Waals surface area contributed by atoms with Crippen LogP contribution in [0.3, 0.4) is 0 Å². The minimum absolute atomic E-state index is 0.102. The Kier molecular flexibility index (Phi) is 5.61. The summed E-state index contributed by atoms with van der Waals surface area (Å²) in [7, 11) is 0. The quantitative estimate of drug-likeness (QED) is 0.712. The highest BCUT2D eigenvalue weighted by Crippen LogP contribution is 2.20. The van der Waals surface area contributed by atoms with E-state index in [0.717, 1.165) is 24.5 Å². The molecule has 2 aromatic heterocycles. The second kappa shape index (κ2) is 8.08. The van der Waals surface area contributed by atoms with Gasteiger partial charge in [0.15, 0.2) is 0 Å². The fraction of sp³-hybridized carbons (Fsp3) is 0.333. The molecule has 0 aliphatic rings. The molecule has 2 heterocycles. The Hall–Kier alpha value is -2.46. The number of hydrogen-bond acceptors (Lipinski definition) is 3. The largest absolute Gasteiger partial charge is 0.305 e. The van der Waals surface area contributed by atoms with Crippen molar-refractivity contribution in [1.82, 2.24) is 20.1 Å². The molecule has 0 aliphatic heterocycles. The van der Waals surface area contributed by atoms with Crippen molar-refractivity contribution in [2.75, 3.05) is 6.54 Å². The van der Waals surface area contributed by atoms with Crippen molar-refractivity contribution in [3.8, 4) is 0 Å². The molecule has 25 heavy (non-hydrogen) atoms. The number of aryl methyl sites for hydroxylation is 2. The number of rotatable bonds is 7. The fourth-order valence-corrected chi connectivity index (χ4v) is 3.12. The molecule has 2 atom stereocenters. The summed E-state index contributed by atoms with van der Waals surface area (Å²) in [6.45, 7) is 8.22. The molecule has 0 aliphatic carbocycles. The zero-order chi connectivity index (χ0) is 17.6. The molecule has 0 radical (unpaired) electrons. The van der Waals surface area contributed by atoms with E-state index in [9.17, 15) is 0 Å². The lowest BCUT2D eigenvalue weighted by Gasteiger charge is -2.22. The van der Waals surface area contributed by atoms with Gasteiger partial charge in [-0.25, -0.2) is 0 Å². The van der Waals surface area contributed by atoms with Gasteiger partial charge in [0.05, 0.1) is 17.4 Å². The standard InChI is InChI=1S/C21H26N4/c1-16(15-25-18(3)13-17(2)24-25)14-23-21(19-9-5-4-6-10-19)20-11-7-8-12-22-20/h4-13,16,21,23H,14-15H2,1-3H3/t16-,21+/m0/s1. The third-order valence-corrected chi connectivity index (χ3v) is 4.37. The first-order valence-electron chi connectivity index (χ1n) is 8.84. The summed E-state index contributed by atoms with van der Waals surface area (Å²) in [6.07, 6.45) is 1.85. The Labute approximate surface area is 149 Å². The Morgan fingerprint density at radius 2 is 1.80 bits per heavy atom. The van der Waals surface area contributed by atoms with E-state index in [0.29, 0.717) is 5.92 Å². The van der Waals surface area contributed by atoms with Crippen LogP contribution in [0.15, 0.2) is 60.8 Å². The first kappa shape index (κ1) is 17.4. The summed E-state index contributed by atoms with van der Waals surface area (Å²) >= 11 is 0. The Balaban J connectivity index is 1.69. The summed E-state index contributed by atoms with van der Waals surface area (Å²) in [4.78, 5) is 4.55. The van der Waals surface area contributed by atoms with Gasteiger partial charge in [-0.05, 0) is 43.5 Å². The zero-order valence-electron chi connectivity index (χ0n) is 15.2. The van der Waals surface area contributed by atoms with Crippen LogP contribution in [0.1, 0.15) is 35.6 Å². The average Bonchev–Trinajstić information content (AvgIpc) is 2.94. The van der Waals surface area contributed by atoms with E-state index in [1.54, 1.807) is 0 Å². The van der Waals surface area contributed by atoms with Crippen LogP contribution in [-0.2, 0) is 6.54 Å². The first-order chi connectivity index (χ1) is 12.1. The van der Waals surface area contributed by atoms with Gasteiger partial charge in [-0.1, -0.05) is 43.3 Å². The van der Waals surface area contributed by atoms with Gasteiger partial charge in [0.1, 0.15) is 0 Å². The van der Waals surface area contributed by atoms with Crippen molar-refractivity contribution in [2.45, 2.75) is 33.4 Å². The van der Waals surface area contributed by atoms with E-state index < -0.39 is 0 Å². The molecule has 4 heteroatoms. The van der Waals surface area contributed by atoms with Gasteiger partial charge in [0.2, 0.25) is 0 Å². The van der Waals surface area contributed by atoms with Crippen LogP contribution in [0.5, 0.6) is 0 Å². The zero-order valence-corrected chi connectivity index (χ0v) is 15.2. The number of nitrogens with one attached hydrogen (secondary N) is 1. The third kappa shape index (κ3) is 4.54. The van der Waals surface area contributed by atoms with Crippen molar-refractivity contribution >= 4 is 0 Å². The molecule has 0 saturated heterocycles. The maximum absolute atomic E-state index is 4.57. The minimum atomic E-state index is 0.102. The molecular formula is C21H26N4. The van der Waals surface area contributed by atoms with Crippen LogP contribution in [0.25, 0.3) is 0 Å². The van der Waals surface area contributed by atoms with Crippen molar-refractivity contribution < 1.29 is 0 Å². The number of benzene rings is 1. The summed E-state index contributed by atoms with van der Waals surface area (Å²) in [5.74, 6) is 0.466. The lowest BCUT2D eigenvalue weighted by molar-refractivity contribution is 0.402. The summed E-state index contributed by atoms with van der Waals surface area (Å²) in [6, 6.07) is 18.8. The molecule has 3 rings (SSSR count). The van der Waals surface area contributed by atoms with Crippen molar-refractivity contribution in [3.63, 3.8) is 0 Å². The smallest absolute Gasteiger partial charge is 0.0751 e.